The molecule has 6 nitrogen and oxygen atoms in total. The normalized spacial score (nSPS) is 16.0. The van der Waals surface area contributed by atoms with Gasteiger partial charge in [0.05, 0.1) is 14.2 Å². The summed E-state index contributed by atoms with van der Waals surface area (Å²) in [4.78, 5) is 0.103. The van der Waals surface area contributed by atoms with Gasteiger partial charge in [-0.05, 0) is 30.9 Å². The highest BCUT2D eigenvalue weighted by atomic mass is 35.5. The fraction of sp³-hybridized carbons (Fsp3) is 0.571. The molecule has 0 bridgehead atoms. The van der Waals surface area contributed by atoms with Gasteiger partial charge in [0.1, 0.15) is 16.4 Å². The Labute approximate surface area is 138 Å². The number of nitrogens with zero attached hydrogens (tertiary/aromatic N) is 1. The van der Waals surface area contributed by atoms with Crippen LogP contribution in [0.2, 0.25) is 0 Å². The van der Waals surface area contributed by atoms with Gasteiger partial charge in [0.15, 0.2) is 0 Å². The lowest BCUT2D eigenvalue weighted by Crippen LogP contribution is -2.43. The van der Waals surface area contributed by atoms with E-state index < -0.39 is 10.0 Å². The zero-order chi connectivity index (χ0) is 15.6. The highest BCUT2D eigenvalue weighted by Gasteiger charge is 2.39. The summed E-state index contributed by atoms with van der Waals surface area (Å²) in [6, 6.07) is 4.56. The van der Waals surface area contributed by atoms with E-state index in [4.69, 9.17) is 15.2 Å². The minimum absolute atomic E-state index is 0. The molecule has 0 aliphatic heterocycles. The van der Waals surface area contributed by atoms with Crippen molar-refractivity contribution in [3.8, 4) is 11.5 Å². The van der Waals surface area contributed by atoms with E-state index in [0.717, 1.165) is 12.8 Å². The number of rotatable bonds is 7. The molecule has 1 aliphatic rings. The molecule has 1 saturated carbocycles. The van der Waals surface area contributed by atoms with Gasteiger partial charge in [0.2, 0.25) is 10.0 Å². The minimum Gasteiger partial charge on any atom is -0.497 e. The summed E-state index contributed by atoms with van der Waals surface area (Å²) >= 11 is 0. The molecule has 2 N–H and O–H groups in total. The van der Waals surface area contributed by atoms with E-state index >= 15 is 0 Å². The molecule has 126 valence electrons. The van der Waals surface area contributed by atoms with Gasteiger partial charge < -0.3 is 15.2 Å². The first-order valence-corrected chi connectivity index (χ1v) is 8.29. The number of sulfonamides is 1. The molecule has 0 amide bonds. The number of ether oxygens (including phenoxy) is 2. The molecule has 1 fully saturated rings. The van der Waals surface area contributed by atoms with Crippen LogP contribution >= 0.6 is 12.4 Å². The van der Waals surface area contributed by atoms with Crippen molar-refractivity contribution in [2.45, 2.75) is 23.8 Å². The Hall–Kier alpha value is -1.02. The van der Waals surface area contributed by atoms with Crippen molar-refractivity contribution >= 4 is 22.4 Å². The first-order chi connectivity index (χ1) is 9.95. The molecule has 8 heteroatoms. The van der Waals surface area contributed by atoms with Gasteiger partial charge in [-0.1, -0.05) is 0 Å². The average Bonchev–Trinajstić information content (AvgIpc) is 3.31. The number of likely N-dealkylation sites (N-methyl/N-ethyl adjacent to an activating group) is 1. The van der Waals surface area contributed by atoms with Gasteiger partial charge in [-0.25, -0.2) is 8.42 Å². The summed E-state index contributed by atoms with van der Waals surface area (Å²) in [5.41, 5.74) is 5.75. The predicted octanol–water partition coefficient (Wildman–Crippen LogP) is 1.48. The van der Waals surface area contributed by atoms with E-state index in [1.54, 1.807) is 19.2 Å². The van der Waals surface area contributed by atoms with Gasteiger partial charge >= 0.3 is 0 Å². The van der Waals surface area contributed by atoms with Crippen molar-refractivity contribution < 1.29 is 17.9 Å². The number of methoxy groups -OCH3 is 2. The van der Waals surface area contributed by atoms with Crippen molar-refractivity contribution in [2.24, 2.45) is 11.7 Å². The topological polar surface area (TPSA) is 81.9 Å². The third kappa shape index (κ3) is 3.65. The van der Waals surface area contributed by atoms with Gasteiger partial charge in [-0.2, -0.15) is 4.31 Å². The molecule has 0 saturated heterocycles. The van der Waals surface area contributed by atoms with Crippen LogP contribution in [0.15, 0.2) is 23.1 Å². The summed E-state index contributed by atoms with van der Waals surface area (Å²) in [6.45, 7) is 0.312. The second-order valence-electron chi connectivity index (χ2n) is 5.18. The first kappa shape index (κ1) is 19.0. The van der Waals surface area contributed by atoms with E-state index in [2.05, 4.69) is 0 Å². The van der Waals surface area contributed by atoms with Crippen LogP contribution in [0.1, 0.15) is 12.8 Å². The van der Waals surface area contributed by atoms with Crippen LogP contribution in [0.4, 0.5) is 0 Å². The molecule has 0 spiro atoms. The second-order valence-corrected chi connectivity index (χ2v) is 7.14. The lowest BCUT2D eigenvalue weighted by atomic mass is 10.2. The molecule has 0 radical (unpaired) electrons. The van der Waals surface area contributed by atoms with Crippen LogP contribution in [0.3, 0.4) is 0 Å². The van der Waals surface area contributed by atoms with Crippen LogP contribution in [0, 0.1) is 5.92 Å². The minimum atomic E-state index is -3.68. The van der Waals surface area contributed by atoms with E-state index in [0.29, 0.717) is 24.0 Å². The van der Waals surface area contributed by atoms with Crippen molar-refractivity contribution in [1.29, 1.82) is 0 Å². The SMILES string of the molecule is COc1ccc(OC)c(S(=O)(=O)N(C)C(CN)C2CC2)c1.Cl. The highest BCUT2D eigenvalue weighted by Crippen LogP contribution is 2.38. The van der Waals surface area contributed by atoms with E-state index in [1.807, 2.05) is 0 Å². The summed E-state index contributed by atoms with van der Waals surface area (Å²) in [5.74, 6) is 1.12. The summed E-state index contributed by atoms with van der Waals surface area (Å²) in [5, 5.41) is 0. The monoisotopic (exact) mass is 350 g/mol. The van der Waals surface area contributed by atoms with Crippen molar-refractivity contribution in [3.05, 3.63) is 18.2 Å². The average molecular weight is 351 g/mol. The fourth-order valence-corrected chi connectivity index (χ4v) is 4.03. The summed E-state index contributed by atoms with van der Waals surface area (Å²) in [6.07, 6.45) is 2.05. The standard InChI is InChI=1S/C14H22N2O4S.ClH/c1-16(12(9-15)10-4-5-10)21(17,18)14-8-11(19-2)6-7-13(14)20-3;/h6-8,10,12H,4-5,9,15H2,1-3H3;1H. The molecule has 1 aromatic carbocycles. The number of hydrogen-bond acceptors (Lipinski definition) is 5. The van der Waals surface area contributed by atoms with Gasteiger partial charge in [-0.15, -0.1) is 12.4 Å². The van der Waals surface area contributed by atoms with Crippen LogP contribution < -0.4 is 15.2 Å². The Bertz CT molecular complexity index is 605. The Kier molecular flexibility index (Phi) is 6.49. The smallest absolute Gasteiger partial charge is 0.246 e. The van der Waals surface area contributed by atoms with Crippen molar-refractivity contribution in [3.63, 3.8) is 0 Å². The summed E-state index contributed by atoms with van der Waals surface area (Å²) in [7, 11) is 0.833. The zero-order valence-electron chi connectivity index (χ0n) is 13.0. The quantitative estimate of drug-likeness (QED) is 0.805. The number of benzene rings is 1. The number of hydrogen-bond donors (Lipinski definition) is 1. The molecule has 1 aliphatic carbocycles. The Morgan fingerprint density at radius 3 is 2.41 bits per heavy atom. The maximum atomic E-state index is 12.8. The summed E-state index contributed by atoms with van der Waals surface area (Å²) < 4.78 is 37.3. The molecule has 1 aromatic rings. The van der Waals surface area contributed by atoms with Crippen LogP contribution in [-0.2, 0) is 10.0 Å². The lowest BCUT2D eigenvalue weighted by molar-refractivity contribution is 0.336. The molecule has 22 heavy (non-hydrogen) atoms. The molecule has 1 unspecified atom stereocenters. The predicted molar refractivity (Wildman–Crippen MR) is 87.3 cm³/mol. The third-order valence-electron chi connectivity index (χ3n) is 3.90. The van der Waals surface area contributed by atoms with Gasteiger partial charge in [0.25, 0.3) is 0 Å². The maximum Gasteiger partial charge on any atom is 0.246 e. The Morgan fingerprint density at radius 1 is 1.32 bits per heavy atom. The first-order valence-electron chi connectivity index (χ1n) is 6.85. The fourth-order valence-electron chi connectivity index (χ4n) is 2.44. The van der Waals surface area contributed by atoms with Crippen LogP contribution in [0.5, 0.6) is 11.5 Å². The lowest BCUT2D eigenvalue weighted by Gasteiger charge is -2.27. The van der Waals surface area contributed by atoms with E-state index in [1.165, 1.54) is 24.6 Å². The molecule has 2 rings (SSSR count). The number of nitrogens with two attached hydrogens (primary N) is 1. The highest BCUT2D eigenvalue weighted by molar-refractivity contribution is 7.89. The third-order valence-corrected chi connectivity index (χ3v) is 5.81. The largest absolute Gasteiger partial charge is 0.497 e. The van der Waals surface area contributed by atoms with Crippen LogP contribution in [-0.4, -0.2) is 46.6 Å². The number of halogens is 1. The van der Waals surface area contributed by atoms with Crippen LogP contribution in [0.25, 0.3) is 0 Å². The Morgan fingerprint density at radius 2 is 1.95 bits per heavy atom. The molecule has 0 heterocycles. The van der Waals surface area contributed by atoms with Crippen molar-refractivity contribution in [2.75, 3.05) is 27.8 Å². The van der Waals surface area contributed by atoms with Crippen molar-refractivity contribution in [1.82, 2.24) is 4.31 Å². The molecular weight excluding hydrogens is 328 g/mol. The van der Waals surface area contributed by atoms with Gasteiger partial charge in [0, 0.05) is 25.7 Å². The zero-order valence-corrected chi connectivity index (χ0v) is 14.6. The van der Waals surface area contributed by atoms with Gasteiger partial charge in [-0.3, -0.25) is 0 Å². The molecule has 0 aromatic heterocycles. The maximum absolute atomic E-state index is 12.8. The van der Waals surface area contributed by atoms with E-state index in [9.17, 15) is 8.42 Å². The Balaban J connectivity index is 0.00000242. The molecular formula is C14H23ClN2O4S. The van der Waals surface area contributed by atoms with E-state index in [-0.39, 0.29) is 23.3 Å². The molecule has 1 atom stereocenters. The second kappa shape index (κ2) is 7.50.